The van der Waals surface area contributed by atoms with E-state index in [1.54, 1.807) is 6.20 Å². The van der Waals surface area contributed by atoms with Gasteiger partial charge >= 0.3 is 0 Å². The van der Waals surface area contributed by atoms with Gasteiger partial charge in [0.1, 0.15) is 0 Å². The minimum Gasteiger partial charge on any atom is -0.401 e. The average Bonchev–Trinajstić information content (AvgIpc) is 2.57. The lowest BCUT2D eigenvalue weighted by Crippen LogP contribution is -2.38. The Kier molecular flexibility index (Phi) is 15.7. The third-order valence-electron chi connectivity index (χ3n) is 3.25. The normalized spacial score (nSPS) is 12.6. The van der Waals surface area contributed by atoms with Crippen LogP contribution in [-0.2, 0) is 18.9 Å². The van der Waals surface area contributed by atoms with Crippen LogP contribution in [0.15, 0.2) is 11.9 Å². The number of nitrogens with zero attached hydrogens (tertiary/aromatic N) is 1. The molecule has 0 spiro atoms. The van der Waals surface area contributed by atoms with Gasteiger partial charge in [-0.1, -0.05) is 6.92 Å². The molecule has 0 amide bonds. The summed E-state index contributed by atoms with van der Waals surface area (Å²) in [5.41, 5.74) is 6.58. The van der Waals surface area contributed by atoms with E-state index >= 15 is 0 Å². The number of allylic oxidation sites excluding steroid dienone is 1. The predicted octanol–water partition coefficient (Wildman–Crippen LogP) is 0.827. The van der Waals surface area contributed by atoms with Gasteiger partial charge in [0.15, 0.2) is 0 Å². The van der Waals surface area contributed by atoms with Crippen molar-refractivity contribution in [1.29, 1.82) is 0 Å². The fraction of sp³-hybridized carbons (Fsp3) is 0.889. The molecule has 8 heteroatoms. The highest BCUT2D eigenvalue weighted by Gasteiger charge is 2.06. The summed E-state index contributed by atoms with van der Waals surface area (Å²) in [6.45, 7) is 14.4. The maximum atomic E-state index is 5.75. The number of nitrogens with two attached hydrogens (primary N) is 2. The largest absolute Gasteiger partial charge is 0.401 e. The molecular weight excluding hydrogens is 336 g/mol. The third kappa shape index (κ3) is 19.4. The highest BCUT2D eigenvalue weighted by molar-refractivity contribution is 4.93. The quantitative estimate of drug-likeness (QED) is 0.195. The van der Waals surface area contributed by atoms with E-state index in [1.807, 2.05) is 6.92 Å². The first-order chi connectivity index (χ1) is 12.3. The summed E-state index contributed by atoms with van der Waals surface area (Å²) in [4.78, 5) is 0. The topological polar surface area (TPSA) is 104 Å². The van der Waals surface area contributed by atoms with Crippen LogP contribution in [0.25, 0.3) is 0 Å². The van der Waals surface area contributed by atoms with Crippen LogP contribution in [0.4, 0.5) is 0 Å². The molecule has 0 fully saturated rings. The summed E-state index contributed by atoms with van der Waals surface area (Å²) in [7, 11) is 0. The average molecular weight is 377 g/mol. The van der Waals surface area contributed by atoms with E-state index in [0.29, 0.717) is 59.4 Å². The first kappa shape index (κ1) is 25.1. The maximum absolute atomic E-state index is 5.75. The molecule has 0 saturated heterocycles. The van der Waals surface area contributed by atoms with Crippen molar-refractivity contribution >= 4 is 0 Å². The molecule has 0 aromatic rings. The standard InChI is InChI=1S/C18H40N4O4/c1-5-17(19)16-22(20)7-9-24-11-13-26-15-14-25-12-10-23-8-6-21-18(2,3)4/h16,21H,5-15,19-20H2,1-4H3/b17-16-. The van der Waals surface area contributed by atoms with Crippen molar-refractivity contribution in [1.82, 2.24) is 10.3 Å². The predicted molar refractivity (Wildman–Crippen MR) is 104 cm³/mol. The molecule has 0 aliphatic carbocycles. The van der Waals surface area contributed by atoms with Crippen molar-refractivity contribution in [3.8, 4) is 0 Å². The van der Waals surface area contributed by atoms with E-state index in [-0.39, 0.29) is 5.54 Å². The summed E-state index contributed by atoms with van der Waals surface area (Å²) in [5, 5.41) is 4.90. The first-order valence-electron chi connectivity index (χ1n) is 9.38. The lowest BCUT2D eigenvalue weighted by atomic mass is 10.1. The Bertz CT molecular complexity index is 349. The van der Waals surface area contributed by atoms with Crippen molar-refractivity contribution in [2.45, 2.75) is 39.7 Å². The van der Waals surface area contributed by atoms with Crippen LogP contribution in [-0.4, -0.2) is 76.5 Å². The van der Waals surface area contributed by atoms with Crippen LogP contribution in [0.2, 0.25) is 0 Å². The fourth-order valence-corrected chi connectivity index (χ4v) is 1.80. The number of rotatable bonds is 17. The molecule has 0 saturated carbocycles. The summed E-state index contributed by atoms with van der Waals surface area (Å²) in [6, 6.07) is 0. The Morgan fingerprint density at radius 1 is 0.885 bits per heavy atom. The van der Waals surface area contributed by atoms with Gasteiger partial charge in [0.25, 0.3) is 0 Å². The van der Waals surface area contributed by atoms with Crippen molar-refractivity contribution in [3.05, 3.63) is 11.9 Å². The summed E-state index contributed by atoms with van der Waals surface area (Å²) < 4.78 is 21.8. The Balaban J connectivity index is 3.20. The van der Waals surface area contributed by atoms with Crippen molar-refractivity contribution in [2.24, 2.45) is 11.6 Å². The molecule has 0 aromatic heterocycles. The minimum absolute atomic E-state index is 0.130. The Morgan fingerprint density at radius 2 is 1.35 bits per heavy atom. The molecule has 8 nitrogen and oxygen atoms in total. The van der Waals surface area contributed by atoms with Crippen molar-refractivity contribution < 1.29 is 18.9 Å². The monoisotopic (exact) mass is 376 g/mol. The van der Waals surface area contributed by atoms with Gasteiger partial charge in [0.2, 0.25) is 0 Å². The molecule has 0 atom stereocenters. The van der Waals surface area contributed by atoms with Gasteiger partial charge in [-0.2, -0.15) is 0 Å². The van der Waals surface area contributed by atoms with Crippen LogP contribution in [0, 0.1) is 0 Å². The van der Waals surface area contributed by atoms with Gasteiger partial charge < -0.3 is 35.0 Å². The van der Waals surface area contributed by atoms with Crippen LogP contribution < -0.4 is 16.9 Å². The van der Waals surface area contributed by atoms with Crippen LogP contribution in [0.3, 0.4) is 0 Å². The van der Waals surface area contributed by atoms with Gasteiger partial charge in [0.05, 0.1) is 59.4 Å². The first-order valence-corrected chi connectivity index (χ1v) is 9.38. The third-order valence-corrected chi connectivity index (χ3v) is 3.25. The lowest BCUT2D eigenvalue weighted by Gasteiger charge is -2.20. The molecule has 0 aliphatic rings. The second-order valence-electron chi connectivity index (χ2n) is 6.92. The van der Waals surface area contributed by atoms with Gasteiger partial charge in [-0.25, -0.2) is 5.84 Å². The number of hydrazine groups is 1. The molecule has 156 valence electrons. The minimum atomic E-state index is 0.130. The van der Waals surface area contributed by atoms with Gasteiger partial charge in [-0.05, 0) is 27.2 Å². The maximum Gasteiger partial charge on any atom is 0.0701 e. The molecule has 0 rings (SSSR count). The van der Waals surface area contributed by atoms with E-state index in [2.05, 4.69) is 26.1 Å². The van der Waals surface area contributed by atoms with Gasteiger partial charge in [-0.3, -0.25) is 0 Å². The molecule has 5 N–H and O–H groups in total. The molecule has 26 heavy (non-hydrogen) atoms. The van der Waals surface area contributed by atoms with E-state index in [4.69, 9.17) is 30.5 Å². The van der Waals surface area contributed by atoms with Crippen LogP contribution >= 0.6 is 0 Å². The molecule has 0 unspecified atom stereocenters. The molecule has 0 bridgehead atoms. The lowest BCUT2D eigenvalue weighted by molar-refractivity contribution is -0.00294. The smallest absolute Gasteiger partial charge is 0.0701 e. The van der Waals surface area contributed by atoms with E-state index in [1.165, 1.54) is 5.01 Å². The number of nitrogens with one attached hydrogen (secondary N) is 1. The highest BCUT2D eigenvalue weighted by atomic mass is 16.6. The summed E-state index contributed by atoms with van der Waals surface area (Å²) in [6.07, 6.45) is 2.51. The summed E-state index contributed by atoms with van der Waals surface area (Å²) >= 11 is 0. The zero-order chi connectivity index (χ0) is 19.7. The Labute approximate surface area is 159 Å². The zero-order valence-corrected chi connectivity index (χ0v) is 17.1. The second-order valence-corrected chi connectivity index (χ2v) is 6.92. The van der Waals surface area contributed by atoms with E-state index < -0.39 is 0 Å². The van der Waals surface area contributed by atoms with Crippen molar-refractivity contribution in [2.75, 3.05) is 65.9 Å². The summed E-state index contributed by atoms with van der Waals surface area (Å²) in [5.74, 6) is 5.75. The van der Waals surface area contributed by atoms with Gasteiger partial charge in [0, 0.05) is 24.0 Å². The molecule has 0 aromatic carbocycles. The van der Waals surface area contributed by atoms with Crippen LogP contribution in [0.1, 0.15) is 34.1 Å². The number of ether oxygens (including phenoxy) is 4. The van der Waals surface area contributed by atoms with E-state index in [9.17, 15) is 0 Å². The van der Waals surface area contributed by atoms with Crippen LogP contribution in [0.5, 0.6) is 0 Å². The number of hydrogen-bond acceptors (Lipinski definition) is 8. The molecule has 0 radical (unpaired) electrons. The highest BCUT2D eigenvalue weighted by Crippen LogP contribution is 1.96. The van der Waals surface area contributed by atoms with E-state index in [0.717, 1.165) is 18.7 Å². The molecule has 0 aliphatic heterocycles. The number of hydrogen-bond donors (Lipinski definition) is 3. The zero-order valence-electron chi connectivity index (χ0n) is 17.1. The molecular formula is C18H40N4O4. The Hall–Kier alpha value is -0.900. The fourth-order valence-electron chi connectivity index (χ4n) is 1.80. The second kappa shape index (κ2) is 16.3. The SMILES string of the molecule is CC/C(N)=C/N(N)CCOCCOCCOCCOCCNC(C)(C)C. The van der Waals surface area contributed by atoms with Crippen molar-refractivity contribution in [3.63, 3.8) is 0 Å². The van der Waals surface area contributed by atoms with Gasteiger partial charge in [-0.15, -0.1) is 0 Å². The molecule has 0 heterocycles. The Morgan fingerprint density at radius 3 is 1.81 bits per heavy atom.